The molecule has 0 fully saturated rings. The number of carbonyl (C=O) groups is 2. The number of fused-ring (bicyclic) bond motifs is 1. The molecule has 26 heavy (non-hydrogen) atoms. The number of hydrogen-bond donors (Lipinski definition) is 2. The van der Waals surface area contributed by atoms with Crippen LogP contribution in [0.15, 0.2) is 42.5 Å². The lowest BCUT2D eigenvalue weighted by molar-refractivity contribution is 0.118. The van der Waals surface area contributed by atoms with Crippen LogP contribution in [-0.2, 0) is 17.7 Å². The monoisotopic (exact) mass is 355 g/mol. The van der Waals surface area contributed by atoms with Gasteiger partial charge in [0.2, 0.25) is 0 Å². The molecule has 3 amide bonds. The minimum Gasteiger partial charge on any atom is -0.497 e. The van der Waals surface area contributed by atoms with Gasteiger partial charge < -0.3 is 25.0 Å². The Morgan fingerprint density at radius 3 is 2.35 bits per heavy atom. The van der Waals surface area contributed by atoms with E-state index >= 15 is 0 Å². The Morgan fingerprint density at radius 2 is 1.65 bits per heavy atom. The van der Waals surface area contributed by atoms with Gasteiger partial charge in [-0.1, -0.05) is 6.07 Å². The normalized spacial score (nSPS) is 12.8. The fourth-order valence-corrected chi connectivity index (χ4v) is 2.89. The summed E-state index contributed by atoms with van der Waals surface area (Å²) in [7, 11) is 2.96. The number of carbonyl (C=O) groups excluding carboxylic acids is 2. The number of amides is 3. The summed E-state index contributed by atoms with van der Waals surface area (Å²) < 4.78 is 9.87. The molecule has 3 rings (SSSR count). The zero-order chi connectivity index (χ0) is 18.5. The highest BCUT2D eigenvalue weighted by Crippen LogP contribution is 2.23. The number of nitrogens with one attached hydrogen (secondary N) is 2. The van der Waals surface area contributed by atoms with Crippen LogP contribution in [0.2, 0.25) is 0 Å². The smallest absolute Gasteiger partial charge is 0.409 e. The molecule has 0 unspecified atom stereocenters. The molecule has 7 nitrogen and oxygen atoms in total. The van der Waals surface area contributed by atoms with E-state index in [-0.39, 0.29) is 12.1 Å². The molecule has 0 bridgehead atoms. The van der Waals surface area contributed by atoms with Crippen LogP contribution in [0.1, 0.15) is 11.1 Å². The molecule has 2 N–H and O–H groups in total. The lowest BCUT2D eigenvalue weighted by atomic mass is 9.99. The van der Waals surface area contributed by atoms with Crippen molar-refractivity contribution in [2.45, 2.75) is 13.0 Å². The Bertz CT molecular complexity index is 805. The lowest BCUT2D eigenvalue weighted by Crippen LogP contribution is -2.35. The van der Waals surface area contributed by atoms with Crippen LogP contribution < -0.4 is 15.4 Å². The Balaban J connectivity index is 1.64. The maximum absolute atomic E-state index is 12.2. The Labute approximate surface area is 151 Å². The summed E-state index contributed by atoms with van der Waals surface area (Å²) in [5.41, 5.74) is 3.51. The van der Waals surface area contributed by atoms with E-state index in [1.165, 1.54) is 12.7 Å². The topological polar surface area (TPSA) is 79.9 Å². The van der Waals surface area contributed by atoms with Crippen molar-refractivity contribution in [3.63, 3.8) is 0 Å². The maximum Gasteiger partial charge on any atom is 0.409 e. The van der Waals surface area contributed by atoms with Crippen molar-refractivity contribution in [2.75, 3.05) is 31.4 Å². The van der Waals surface area contributed by atoms with Crippen molar-refractivity contribution in [1.29, 1.82) is 0 Å². The molecule has 136 valence electrons. The second-order valence-electron chi connectivity index (χ2n) is 5.93. The Morgan fingerprint density at radius 1 is 0.962 bits per heavy atom. The second-order valence-corrected chi connectivity index (χ2v) is 5.93. The van der Waals surface area contributed by atoms with Crippen LogP contribution >= 0.6 is 0 Å². The number of methoxy groups -OCH3 is 2. The number of ether oxygens (including phenoxy) is 2. The first-order chi connectivity index (χ1) is 12.6. The third-order valence-corrected chi connectivity index (χ3v) is 4.26. The van der Waals surface area contributed by atoms with E-state index in [1.54, 1.807) is 36.3 Å². The predicted octanol–water partition coefficient (Wildman–Crippen LogP) is 3.46. The van der Waals surface area contributed by atoms with E-state index < -0.39 is 0 Å². The molecule has 1 heterocycles. The highest BCUT2D eigenvalue weighted by Gasteiger charge is 2.21. The number of rotatable bonds is 3. The summed E-state index contributed by atoms with van der Waals surface area (Å²) in [6, 6.07) is 12.5. The molecule has 0 aromatic heterocycles. The predicted molar refractivity (Wildman–Crippen MR) is 98.6 cm³/mol. The third-order valence-electron chi connectivity index (χ3n) is 4.26. The molecule has 0 atom stereocenters. The molecule has 2 aromatic rings. The zero-order valence-electron chi connectivity index (χ0n) is 14.7. The second kappa shape index (κ2) is 7.77. The largest absolute Gasteiger partial charge is 0.497 e. The Kier molecular flexibility index (Phi) is 5.26. The van der Waals surface area contributed by atoms with Gasteiger partial charge in [0.1, 0.15) is 5.75 Å². The summed E-state index contributed by atoms with van der Waals surface area (Å²) in [4.78, 5) is 25.5. The van der Waals surface area contributed by atoms with Gasteiger partial charge in [0.15, 0.2) is 0 Å². The summed E-state index contributed by atoms with van der Waals surface area (Å²) >= 11 is 0. The maximum atomic E-state index is 12.2. The molecule has 0 saturated heterocycles. The van der Waals surface area contributed by atoms with E-state index in [2.05, 4.69) is 10.6 Å². The molecule has 0 spiro atoms. The van der Waals surface area contributed by atoms with Crippen molar-refractivity contribution in [3.05, 3.63) is 53.6 Å². The van der Waals surface area contributed by atoms with Crippen molar-refractivity contribution in [1.82, 2.24) is 4.90 Å². The van der Waals surface area contributed by atoms with E-state index in [4.69, 9.17) is 9.47 Å². The quantitative estimate of drug-likeness (QED) is 0.884. The van der Waals surface area contributed by atoms with E-state index in [0.29, 0.717) is 24.5 Å². The van der Waals surface area contributed by atoms with Gasteiger partial charge in [-0.25, -0.2) is 9.59 Å². The van der Waals surface area contributed by atoms with Crippen LogP contribution in [0, 0.1) is 0 Å². The van der Waals surface area contributed by atoms with Crippen LogP contribution in [0.5, 0.6) is 5.75 Å². The van der Waals surface area contributed by atoms with Gasteiger partial charge in [-0.2, -0.15) is 0 Å². The molecule has 2 aromatic carbocycles. The van der Waals surface area contributed by atoms with E-state index in [0.717, 1.165) is 17.7 Å². The van der Waals surface area contributed by atoms with Crippen molar-refractivity contribution < 1.29 is 19.1 Å². The van der Waals surface area contributed by atoms with Crippen LogP contribution in [0.3, 0.4) is 0 Å². The van der Waals surface area contributed by atoms with Crippen LogP contribution in [0.25, 0.3) is 0 Å². The minimum atomic E-state index is -0.341. The van der Waals surface area contributed by atoms with Crippen molar-refractivity contribution >= 4 is 23.5 Å². The van der Waals surface area contributed by atoms with Gasteiger partial charge >= 0.3 is 12.1 Å². The molecule has 0 saturated carbocycles. The lowest BCUT2D eigenvalue weighted by Gasteiger charge is -2.28. The number of benzene rings is 2. The van der Waals surface area contributed by atoms with Gasteiger partial charge in [-0.05, 0) is 53.9 Å². The van der Waals surface area contributed by atoms with Gasteiger partial charge in [-0.15, -0.1) is 0 Å². The molecular formula is C19H21N3O4. The third kappa shape index (κ3) is 4.05. The SMILES string of the molecule is COC(=O)N1CCc2ccc(NC(=O)Nc3ccc(OC)cc3)cc2C1. The van der Waals surface area contributed by atoms with E-state index in [1.807, 2.05) is 18.2 Å². The highest BCUT2D eigenvalue weighted by molar-refractivity contribution is 5.99. The van der Waals surface area contributed by atoms with Gasteiger partial charge in [0.05, 0.1) is 14.2 Å². The molecule has 1 aliphatic heterocycles. The summed E-state index contributed by atoms with van der Waals surface area (Å²) in [5.74, 6) is 0.723. The standard InChI is InChI=1S/C19H21N3O4/c1-25-17-7-5-15(6-8-17)20-18(23)21-16-4-3-13-9-10-22(19(24)26-2)12-14(13)11-16/h3-8,11H,9-10,12H2,1-2H3,(H2,20,21,23). The zero-order valence-corrected chi connectivity index (χ0v) is 14.7. The minimum absolute atomic E-state index is 0.337. The molecular weight excluding hydrogens is 334 g/mol. The fraction of sp³-hybridized carbons (Fsp3) is 0.263. The first-order valence-corrected chi connectivity index (χ1v) is 8.26. The highest BCUT2D eigenvalue weighted by atomic mass is 16.5. The number of nitrogens with zero attached hydrogens (tertiary/aromatic N) is 1. The first kappa shape index (κ1) is 17.6. The van der Waals surface area contributed by atoms with Gasteiger partial charge in [0, 0.05) is 24.5 Å². The molecule has 1 aliphatic rings. The molecule has 0 aliphatic carbocycles. The van der Waals surface area contributed by atoms with E-state index in [9.17, 15) is 9.59 Å². The molecule has 0 radical (unpaired) electrons. The van der Waals surface area contributed by atoms with Crippen LogP contribution in [0.4, 0.5) is 21.0 Å². The summed E-state index contributed by atoms with van der Waals surface area (Å²) in [5, 5.41) is 5.58. The van der Waals surface area contributed by atoms with Crippen LogP contribution in [-0.4, -0.2) is 37.8 Å². The Hall–Kier alpha value is -3.22. The van der Waals surface area contributed by atoms with Crippen molar-refractivity contribution in [2.24, 2.45) is 0 Å². The number of anilines is 2. The average molecular weight is 355 g/mol. The summed E-state index contributed by atoms with van der Waals surface area (Å²) in [6.45, 7) is 1.10. The first-order valence-electron chi connectivity index (χ1n) is 8.26. The van der Waals surface area contributed by atoms with Gasteiger partial charge in [0.25, 0.3) is 0 Å². The number of hydrogen-bond acceptors (Lipinski definition) is 4. The number of urea groups is 1. The van der Waals surface area contributed by atoms with Gasteiger partial charge in [-0.3, -0.25) is 0 Å². The fourth-order valence-electron chi connectivity index (χ4n) is 2.89. The van der Waals surface area contributed by atoms with Crippen molar-refractivity contribution in [3.8, 4) is 5.75 Å². The average Bonchev–Trinajstić information content (AvgIpc) is 2.67. The summed E-state index contributed by atoms with van der Waals surface area (Å²) in [6.07, 6.45) is 0.425. The molecule has 7 heteroatoms.